The molecule has 0 atom stereocenters. The van der Waals surface area contributed by atoms with Gasteiger partial charge in [0.25, 0.3) is 0 Å². The first kappa shape index (κ1) is 24.9. The zero-order chi connectivity index (χ0) is 26.0. The van der Waals surface area contributed by atoms with Crippen LogP contribution in [0.2, 0.25) is 5.02 Å². The summed E-state index contributed by atoms with van der Waals surface area (Å²) in [5, 5.41) is 12.5. The smallest absolute Gasteiger partial charge is 0.337 e. The van der Waals surface area contributed by atoms with Crippen LogP contribution in [0.3, 0.4) is 0 Å². The standard InChI is InChI=1S/C27H21ClF2N2O4/c1-15-9-12-24(32(15)17-10-11-23(31-16(2)33)18(13-17)27(34)35)26-20(28)5-3-8-25(26)36-14-19-21(29)6-4-7-22(19)30/h3-13H,14H2,1-2H3,(H,31,33)(H,34,35). The predicted octanol–water partition coefficient (Wildman–Crippen LogP) is 6.62. The summed E-state index contributed by atoms with van der Waals surface area (Å²) in [6, 6.07) is 16.7. The van der Waals surface area contributed by atoms with Gasteiger partial charge in [-0.2, -0.15) is 0 Å². The molecule has 0 aliphatic heterocycles. The summed E-state index contributed by atoms with van der Waals surface area (Å²) in [4.78, 5) is 23.4. The average Bonchev–Trinajstić information content (AvgIpc) is 3.19. The molecule has 4 rings (SSSR count). The van der Waals surface area contributed by atoms with E-state index in [1.807, 2.05) is 13.0 Å². The maximum atomic E-state index is 14.1. The number of aryl methyl sites for hydroxylation is 1. The van der Waals surface area contributed by atoms with E-state index >= 15 is 0 Å². The molecule has 0 bridgehead atoms. The van der Waals surface area contributed by atoms with Crippen molar-refractivity contribution >= 4 is 29.2 Å². The van der Waals surface area contributed by atoms with E-state index < -0.39 is 23.5 Å². The normalized spacial score (nSPS) is 10.8. The number of carbonyl (C=O) groups is 2. The lowest BCUT2D eigenvalue weighted by molar-refractivity contribution is -0.114. The fourth-order valence-corrected chi connectivity index (χ4v) is 4.18. The van der Waals surface area contributed by atoms with E-state index in [1.54, 1.807) is 34.9 Å². The summed E-state index contributed by atoms with van der Waals surface area (Å²) in [5.74, 6) is -2.76. The number of amides is 1. The number of carboxylic acids is 1. The van der Waals surface area contributed by atoms with Gasteiger partial charge in [-0.05, 0) is 61.5 Å². The third kappa shape index (κ3) is 4.94. The highest BCUT2D eigenvalue weighted by atomic mass is 35.5. The highest BCUT2D eigenvalue weighted by Gasteiger charge is 2.20. The number of halogens is 3. The molecular weight excluding hydrogens is 490 g/mol. The van der Waals surface area contributed by atoms with E-state index in [9.17, 15) is 23.5 Å². The molecule has 1 heterocycles. The lowest BCUT2D eigenvalue weighted by Crippen LogP contribution is -2.12. The molecule has 1 amide bonds. The Balaban J connectivity index is 1.80. The molecule has 184 valence electrons. The summed E-state index contributed by atoms with van der Waals surface area (Å²) >= 11 is 6.56. The lowest BCUT2D eigenvalue weighted by atomic mass is 10.1. The Kier molecular flexibility index (Phi) is 7.07. The molecule has 0 fully saturated rings. The number of anilines is 1. The van der Waals surface area contributed by atoms with Crippen molar-refractivity contribution in [3.63, 3.8) is 0 Å². The quantitative estimate of drug-likeness (QED) is 0.293. The molecule has 0 spiro atoms. The van der Waals surface area contributed by atoms with Crippen LogP contribution >= 0.6 is 11.6 Å². The molecule has 0 unspecified atom stereocenters. The van der Waals surface area contributed by atoms with Crippen molar-refractivity contribution in [1.82, 2.24) is 4.57 Å². The first-order chi connectivity index (χ1) is 17.2. The van der Waals surface area contributed by atoms with E-state index in [2.05, 4.69) is 5.32 Å². The fraction of sp³-hybridized carbons (Fsp3) is 0.111. The molecular formula is C27H21ClF2N2O4. The van der Waals surface area contributed by atoms with Crippen LogP contribution in [0.1, 0.15) is 28.5 Å². The molecule has 9 heteroatoms. The summed E-state index contributed by atoms with van der Waals surface area (Å²) in [7, 11) is 0. The van der Waals surface area contributed by atoms with Crippen LogP contribution in [-0.4, -0.2) is 21.6 Å². The highest BCUT2D eigenvalue weighted by molar-refractivity contribution is 6.33. The molecule has 0 saturated carbocycles. The minimum Gasteiger partial charge on any atom is -0.488 e. The van der Waals surface area contributed by atoms with Crippen LogP contribution in [0, 0.1) is 18.6 Å². The average molecular weight is 511 g/mol. The number of aromatic carboxylic acids is 1. The van der Waals surface area contributed by atoms with Crippen molar-refractivity contribution in [2.75, 3.05) is 5.32 Å². The number of carbonyl (C=O) groups excluding carboxylic acids is 1. The third-order valence-corrected chi connectivity index (χ3v) is 5.86. The van der Waals surface area contributed by atoms with Crippen LogP contribution in [-0.2, 0) is 11.4 Å². The molecule has 0 aliphatic carbocycles. The van der Waals surface area contributed by atoms with Crippen molar-refractivity contribution in [2.24, 2.45) is 0 Å². The largest absolute Gasteiger partial charge is 0.488 e. The summed E-state index contributed by atoms with van der Waals surface area (Å²) < 4.78 is 35.9. The first-order valence-corrected chi connectivity index (χ1v) is 11.2. The Hall–Kier alpha value is -4.17. The zero-order valence-corrected chi connectivity index (χ0v) is 20.1. The second kappa shape index (κ2) is 10.2. The van der Waals surface area contributed by atoms with Gasteiger partial charge >= 0.3 is 5.97 Å². The third-order valence-electron chi connectivity index (χ3n) is 5.54. The maximum Gasteiger partial charge on any atom is 0.337 e. The maximum absolute atomic E-state index is 14.1. The van der Waals surface area contributed by atoms with Crippen molar-refractivity contribution in [1.29, 1.82) is 0 Å². The molecule has 1 aromatic heterocycles. The van der Waals surface area contributed by atoms with Gasteiger partial charge in [-0.1, -0.05) is 23.7 Å². The van der Waals surface area contributed by atoms with E-state index in [0.717, 1.165) is 17.8 Å². The minimum atomic E-state index is -1.21. The summed E-state index contributed by atoms with van der Waals surface area (Å²) in [6.07, 6.45) is 0. The van der Waals surface area contributed by atoms with E-state index in [0.29, 0.717) is 22.0 Å². The lowest BCUT2D eigenvalue weighted by Gasteiger charge is -2.18. The van der Waals surface area contributed by atoms with Gasteiger partial charge in [-0.15, -0.1) is 0 Å². The number of hydrogen-bond donors (Lipinski definition) is 2. The van der Waals surface area contributed by atoms with Gasteiger partial charge in [-0.25, -0.2) is 13.6 Å². The minimum absolute atomic E-state index is 0.0904. The van der Waals surface area contributed by atoms with Crippen LogP contribution < -0.4 is 10.1 Å². The van der Waals surface area contributed by atoms with Crippen LogP contribution in [0.15, 0.2) is 66.7 Å². The van der Waals surface area contributed by atoms with Gasteiger partial charge in [0.15, 0.2) is 0 Å². The van der Waals surface area contributed by atoms with Gasteiger partial charge in [-0.3, -0.25) is 4.79 Å². The Labute approximate surface area is 210 Å². The molecule has 4 aromatic rings. The number of nitrogens with zero attached hydrogens (tertiary/aromatic N) is 1. The molecule has 0 aliphatic rings. The van der Waals surface area contributed by atoms with E-state index in [4.69, 9.17) is 16.3 Å². The van der Waals surface area contributed by atoms with Crippen molar-refractivity contribution < 1.29 is 28.2 Å². The molecule has 36 heavy (non-hydrogen) atoms. The SMILES string of the molecule is CC(=O)Nc1ccc(-n2c(C)ccc2-c2c(Cl)cccc2OCc2c(F)cccc2F)cc1C(=O)O. The number of rotatable bonds is 7. The molecule has 6 nitrogen and oxygen atoms in total. The second-order valence-corrected chi connectivity index (χ2v) is 8.42. The van der Waals surface area contributed by atoms with Gasteiger partial charge in [0.05, 0.1) is 33.1 Å². The highest BCUT2D eigenvalue weighted by Crippen LogP contribution is 2.39. The Bertz CT molecular complexity index is 1460. The molecule has 2 N–H and O–H groups in total. The molecule has 0 radical (unpaired) electrons. The van der Waals surface area contributed by atoms with Crippen molar-refractivity contribution in [3.05, 3.63) is 100 Å². The van der Waals surface area contributed by atoms with Crippen molar-refractivity contribution in [3.8, 4) is 22.7 Å². The number of benzene rings is 3. The summed E-state index contributed by atoms with van der Waals surface area (Å²) in [5.41, 5.74) is 2.17. The number of aromatic nitrogens is 1. The Morgan fingerprint density at radius 2 is 1.72 bits per heavy atom. The fourth-order valence-electron chi connectivity index (χ4n) is 3.92. The molecule has 0 saturated heterocycles. The molecule has 3 aromatic carbocycles. The Morgan fingerprint density at radius 1 is 1.03 bits per heavy atom. The van der Waals surface area contributed by atoms with Gasteiger partial charge in [0, 0.05) is 18.3 Å². The van der Waals surface area contributed by atoms with Crippen LogP contribution in [0.5, 0.6) is 5.75 Å². The van der Waals surface area contributed by atoms with Crippen LogP contribution in [0.25, 0.3) is 16.9 Å². The van der Waals surface area contributed by atoms with E-state index in [-0.39, 0.29) is 29.2 Å². The topological polar surface area (TPSA) is 80.6 Å². The van der Waals surface area contributed by atoms with Gasteiger partial charge in [0.1, 0.15) is 24.0 Å². The zero-order valence-electron chi connectivity index (χ0n) is 19.3. The number of carboxylic acid groups (broad SMARTS) is 1. The Morgan fingerprint density at radius 3 is 2.39 bits per heavy atom. The first-order valence-electron chi connectivity index (χ1n) is 10.9. The van der Waals surface area contributed by atoms with Gasteiger partial charge in [0.2, 0.25) is 5.91 Å². The number of hydrogen-bond acceptors (Lipinski definition) is 3. The van der Waals surface area contributed by atoms with E-state index in [1.165, 1.54) is 25.1 Å². The monoisotopic (exact) mass is 510 g/mol. The number of nitrogens with one attached hydrogen (secondary N) is 1. The van der Waals surface area contributed by atoms with Gasteiger partial charge < -0.3 is 19.7 Å². The predicted molar refractivity (Wildman–Crippen MR) is 133 cm³/mol. The summed E-state index contributed by atoms with van der Waals surface area (Å²) in [6.45, 7) is 2.76. The second-order valence-electron chi connectivity index (χ2n) is 8.01. The van der Waals surface area contributed by atoms with Crippen molar-refractivity contribution in [2.45, 2.75) is 20.5 Å². The van der Waals surface area contributed by atoms with Crippen LogP contribution in [0.4, 0.5) is 14.5 Å². The number of ether oxygens (including phenoxy) is 1.